The fourth-order valence-corrected chi connectivity index (χ4v) is 2.01. The first-order chi connectivity index (χ1) is 11.0. The van der Waals surface area contributed by atoms with E-state index in [4.69, 9.17) is 16.3 Å². The normalized spacial score (nSPS) is 10.5. The number of hydrogen-bond donors (Lipinski definition) is 1. The van der Waals surface area contributed by atoms with Crippen molar-refractivity contribution in [3.8, 4) is 11.5 Å². The van der Waals surface area contributed by atoms with Gasteiger partial charge in [-0.1, -0.05) is 23.7 Å². The molecule has 0 aliphatic rings. The molecule has 0 aliphatic carbocycles. The van der Waals surface area contributed by atoms with Gasteiger partial charge in [-0.25, -0.2) is 0 Å². The van der Waals surface area contributed by atoms with Crippen LogP contribution in [0, 0.1) is 0 Å². The van der Waals surface area contributed by atoms with E-state index in [1.165, 1.54) is 25.3 Å². The Morgan fingerprint density at radius 2 is 1.87 bits per heavy atom. The number of hydrogen-bond acceptors (Lipinski definition) is 3. The predicted octanol–water partition coefficient (Wildman–Crippen LogP) is 3.88. The van der Waals surface area contributed by atoms with Crippen LogP contribution in [0.3, 0.4) is 0 Å². The van der Waals surface area contributed by atoms with E-state index in [-0.39, 0.29) is 23.0 Å². The molecule has 7 heteroatoms. The smallest absolute Gasteiger partial charge is 0.387 e. The molecule has 2 aromatic rings. The van der Waals surface area contributed by atoms with E-state index in [9.17, 15) is 13.6 Å². The number of carbonyl (C=O) groups excluding carboxylic acids is 1. The highest BCUT2D eigenvalue weighted by molar-refractivity contribution is 6.30. The summed E-state index contributed by atoms with van der Waals surface area (Å²) < 4.78 is 33.8. The molecular formula is C16H14ClF2NO3. The van der Waals surface area contributed by atoms with Crippen LogP contribution in [0.2, 0.25) is 5.02 Å². The molecule has 0 bridgehead atoms. The number of carbonyl (C=O) groups is 1. The lowest BCUT2D eigenvalue weighted by molar-refractivity contribution is -0.0512. The quantitative estimate of drug-likeness (QED) is 0.867. The van der Waals surface area contributed by atoms with Gasteiger partial charge in [0, 0.05) is 17.1 Å². The Labute approximate surface area is 137 Å². The molecule has 0 atom stereocenters. The summed E-state index contributed by atoms with van der Waals surface area (Å²) in [6.07, 6.45) is 0. The molecule has 2 rings (SSSR count). The Morgan fingerprint density at radius 3 is 2.48 bits per heavy atom. The second-order valence-corrected chi connectivity index (χ2v) is 4.99. The van der Waals surface area contributed by atoms with E-state index < -0.39 is 6.61 Å². The monoisotopic (exact) mass is 341 g/mol. The van der Waals surface area contributed by atoms with Gasteiger partial charge in [0.25, 0.3) is 5.91 Å². The summed E-state index contributed by atoms with van der Waals surface area (Å²) in [7, 11) is 1.31. The van der Waals surface area contributed by atoms with Gasteiger partial charge in [-0.15, -0.1) is 0 Å². The third-order valence-corrected chi connectivity index (χ3v) is 3.26. The zero-order chi connectivity index (χ0) is 16.8. The Hall–Kier alpha value is -2.34. The van der Waals surface area contributed by atoms with Gasteiger partial charge in [0.1, 0.15) is 0 Å². The summed E-state index contributed by atoms with van der Waals surface area (Å²) in [4.78, 5) is 12.1. The molecule has 0 heterocycles. The average Bonchev–Trinajstić information content (AvgIpc) is 2.54. The van der Waals surface area contributed by atoms with Crippen molar-refractivity contribution in [2.45, 2.75) is 13.2 Å². The molecule has 122 valence electrons. The van der Waals surface area contributed by atoms with Crippen LogP contribution >= 0.6 is 11.6 Å². The zero-order valence-electron chi connectivity index (χ0n) is 12.2. The molecule has 0 fully saturated rings. The second-order valence-electron chi connectivity index (χ2n) is 4.55. The highest BCUT2D eigenvalue weighted by Gasteiger charge is 2.14. The Bertz CT molecular complexity index is 678. The Kier molecular flexibility index (Phi) is 5.76. The van der Waals surface area contributed by atoms with Gasteiger partial charge < -0.3 is 14.8 Å². The predicted molar refractivity (Wildman–Crippen MR) is 82.2 cm³/mol. The summed E-state index contributed by atoms with van der Waals surface area (Å²) in [5.41, 5.74) is 1.16. The number of nitrogens with one attached hydrogen (secondary N) is 1. The minimum absolute atomic E-state index is 0.0597. The summed E-state index contributed by atoms with van der Waals surface area (Å²) in [5.74, 6) is -0.428. The van der Waals surface area contributed by atoms with Crippen molar-refractivity contribution < 1.29 is 23.0 Å². The molecule has 23 heavy (non-hydrogen) atoms. The van der Waals surface area contributed by atoms with Crippen molar-refractivity contribution in [3.63, 3.8) is 0 Å². The standard InChI is InChI=1S/C16H14ClF2NO3/c1-22-14-8-11(4-7-13(14)23-16(18)19)15(21)20-9-10-2-5-12(17)6-3-10/h2-8,16H,9H2,1H3,(H,20,21). The number of amides is 1. The van der Waals surface area contributed by atoms with Crippen molar-refractivity contribution in [2.75, 3.05) is 7.11 Å². The summed E-state index contributed by atoms with van der Waals surface area (Å²) in [5, 5.41) is 3.33. The fraction of sp³-hybridized carbons (Fsp3) is 0.188. The van der Waals surface area contributed by atoms with E-state index in [1.807, 2.05) is 0 Å². The maximum absolute atomic E-state index is 12.3. The molecule has 2 aromatic carbocycles. The van der Waals surface area contributed by atoms with Crippen LogP contribution < -0.4 is 14.8 Å². The van der Waals surface area contributed by atoms with E-state index in [0.717, 1.165) is 5.56 Å². The molecule has 4 nitrogen and oxygen atoms in total. The topological polar surface area (TPSA) is 47.6 Å². The second kappa shape index (κ2) is 7.78. The van der Waals surface area contributed by atoms with Crippen LogP contribution in [0.5, 0.6) is 11.5 Å². The Morgan fingerprint density at radius 1 is 1.17 bits per heavy atom. The van der Waals surface area contributed by atoms with Crippen LogP contribution in [-0.4, -0.2) is 19.6 Å². The molecule has 0 saturated heterocycles. The number of ether oxygens (including phenoxy) is 2. The molecular weight excluding hydrogens is 328 g/mol. The largest absolute Gasteiger partial charge is 0.493 e. The van der Waals surface area contributed by atoms with E-state index in [0.29, 0.717) is 11.6 Å². The number of halogens is 3. The number of methoxy groups -OCH3 is 1. The SMILES string of the molecule is COc1cc(C(=O)NCc2ccc(Cl)cc2)ccc1OC(F)F. The first kappa shape index (κ1) is 17.0. The lowest BCUT2D eigenvalue weighted by atomic mass is 10.1. The maximum atomic E-state index is 12.3. The van der Waals surface area contributed by atoms with Crippen molar-refractivity contribution in [2.24, 2.45) is 0 Å². The summed E-state index contributed by atoms with van der Waals surface area (Å²) in [6, 6.07) is 11.0. The van der Waals surface area contributed by atoms with E-state index in [1.54, 1.807) is 24.3 Å². The summed E-state index contributed by atoms with van der Waals surface area (Å²) in [6.45, 7) is -2.65. The van der Waals surface area contributed by atoms with E-state index >= 15 is 0 Å². The molecule has 0 unspecified atom stereocenters. The van der Waals surface area contributed by atoms with Gasteiger partial charge in [0.15, 0.2) is 11.5 Å². The van der Waals surface area contributed by atoms with Crippen LogP contribution in [0.25, 0.3) is 0 Å². The van der Waals surface area contributed by atoms with Crippen molar-refractivity contribution in [3.05, 3.63) is 58.6 Å². The van der Waals surface area contributed by atoms with Crippen molar-refractivity contribution in [1.29, 1.82) is 0 Å². The van der Waals surface area contributed by atoms with Gasteiger partial charge in [-0.2, -0.15) is 8.78 Å². The van der Waals surface area contributed by atoms with Crippen LogP contribution in [0.1, 0.15) is 15.9 Å². The number of benzene rings is 2. The fourth-order valence-electron chi connectivity index (χ4n) is 1.89. The van der Waals surface area contributed by atoms with Crippen LogP contribution in [0.15, 0.2) is 42.5 Å². The maximum Gasteiger partial charge on any atom is 0.387 e. The van der Waals surface area contributed by atoms with Gasteiger partial charge in [0.2, 0.25) is 0 Å². The highest BCUT2D eigenvalue weighted by Crippen LogP contribution is 2.29. The third kappa shape index (κ3) is 4.82. The van der Waals surface area contributed by atoms with Crippen molar-refractivity contribution in [1.82, 2.24) is 5.32 Å². The molecule has 1 N–H and O–H groups in total. The number of rotatable bonds is 6. The average molecular weight is 342 g/mol. The third-order valence-electron chi connectivity index (χ3n) is 3.01. The molecule has 0 aromatic heterocycles. The Balaban J connectivity index is 2.05. The first-order valence-electron chi connectivity index (χ1n) is 6.65. The number of alkyl halides is 2. The zero-order valence-corrected chi connectivity index (χ0v) is 12.9. The van der Waals surface area contributed by atoms with Gasteiger partial charge in [-0.05, 0) is 35.9 Å². The first-order valence-corrected chi connectivity index (χ1v) is 7.03. The molecule has 0 radical (unpaired) electrons. The molecule has 0 saturated carbocycles. The summed E-state index contributed by atoms with van der Waals surface area (Å²) >= 11 is 5.79. The van der Waals surface area contributed by atoms with Crippen molar-refractivity contribution >= 4 is 17.5 Å². The lowest BCUT2D eigenvalue weighted by Crippen LogP contribution is -2.22. The highest BCUT2D eigenvalue weighted by atomic mass is 35.5. The van der Waals surface area contributed by atoms with Gasteiger partial charge in [0.05, 0.1) is 7.11 Å². The molecule has 1 amide bonds. The minimum Gasteiger partial charge on any atom is -0.493 e. The molecule has 0 aliphatic heterocycles. The minimum atomic E-state index is -2.96. The van der Waals surface area contributed by atoms with Gasteiger partial charge in [-0.3, -0.25) is 4.79 Å². The van der Waals surface area contributed by atoms with E-state index in [2.05, 4.69) is 10.1 Å². The van der Waals surface area contributed by atoms with Crippen LogP contribution in [-0.2, 0) is 6.54 Å². The van der Waals surface area contributed by atoms with Gasteiger partial charge >= 0.3 is 6.61 Å². The molecule has 0 spiro atoms. The van der Waals surface area contributed by atoms with Crippen LogP contribution in [0.4, 0.5) is 8.78 Å². The lowest BCUT2D eigenvalue weighted by Gasteiger charge is -2.11.